The average molecular weight is 398 g/mol. The molecule has 0 aliphatic heterocycles. The van der Waals surface area contributed by atoms with Crippen LogP contribution in [0.4, 0.5) is 4.79 Å². The van der Waals surface area contributed by atoms with Gasteiger partial charge in [-0.25, -0.2) is 9.59 Å². The summed E-state index contributed by atoms with van der Waals surface area (Å²) >= 11 is 0. The second-order valence-corrected chi connectivity index (χ2v) is 6.73. The molecule has 2 unspecified atom stereocenters. The van der Waals surface area contributed by atoms with Crippen LogP contribution in [-0.2, 0) is 19.1 Å². The van der Waals surface area contributed by atoms with Crippen molar-refractivity contribution in [3.05, 3.63) is 59.7 Å². The van der Waals surface area contributed by atoms with Crippen molar-refractivity contribution in [2.24, 2.45) is 5.73 Å². The standard InChI is InChI=1S/C21H22N2O6/c1-28-20(26)17(22)10-18(19(24)25)23-21(27)29-11-16-14-8-4-2-6-12(14)13-7-3-5-9-15(13)16/h2-9,16-18H,10-11,22H2,1H3,(H,23,27)(H,24,25). The SMILES string of the molecule is COC(=O)C(N)CC(NC(=O)OCC1c2ccccc2-c2ccccc21)C(=O)O. The van der Waals surface area contributed by atoms with Crippen molar-refractivity contribution in [1.29, 1.82) is 0 Å². The van der Waals surface area contributed by atoms with Gasteiger partial charge in [0.05, 0.1) is 7.11 Å². The van der Waals surface area contributed by atoms with Crippen LogP contribution >= 0.6 is 0 Å². The minimum absolute atomic E-state index is 0.0508. The van der Waals surface area contributed by atoms with E-state index >= 15 is 0 Å². The van der Waals surface area contributed by atoms with Crippen molar-refractivity contribution in [3.63, 3.8) is 0 Å². The van der Waals surface area contributed by atoms with Crippen LogP contribution in [0.5, 0.6) is 0 Å². The zero-order valence-corrected chi connectivity index (χ0v) is 15.8. The lowest BCUT2D eigenvalue weighted by Crippen LogP contribution is -2.47. The molecule has 0 radical (unpaired) electrons. The van der Waals surface area contributed by atoms with Crippen LogP contribution in [0.25, 0.3) is 11.1 Å². The van der Waals surface area contributed by atoms with Crippen LogP contribution in [-0.4, -0.2) is 48.9 Å². The average Bonchev–Trinajstić information content (AvgIpc) is 3.04. The predicted octanol–water partition coefficient (Wildman–Crippen LogP) is 1.87. The lowest BCUT2D eigenvalue weighted by atomic mass is 9.98. The van der Waals surface area contributed by atoms with E-state index in [1.165, 1.54) is 0 Å². The van der Waals surface area contributed by atoms with Crippen molar-refractivity contribution in [2.45, 2.75) is 24.4 Å². The van der Waals surface area contributed by atoms with E-state index in [1.54, 1.807) is 0 Å². The Labute approximate surface area is 167 Å². The molecule has 1 aliphatic carbocycles. The number of carbonyl (C=O) groups excluding carboxylic acids is 2. The lowest BCUT2D eigenvalue weighted by molar-refractivity contribution is -0.143. The first-order chi connectivity index (χ1) is 13.9. The molecule has 0 bridgehead atoms. The summed E-state index contributed by atoms with van der Waals surface area (Å²) in [6.45, 7) is 0.0508. The van der Waals surface area contributed by atoms with Crippen LogP contribution in [0.3, 0.4) is 0 Å². The minimum Gasteiger partial charge on any atom is -0.480 e. The zero-order valence-electron chi connectivity index (χ0n) is 15.8. The van der Waals surface area contributed by atoms with Crippen molar-refractivity contribution in [3.8, 4) is 11.1 Å². The molecule has 0 saturated carbocycles. The van der Waals surface area contributed by atoms with Crippen molar-refractivity contribution >= 4 is 18.0 Å². The molecule has 0 saturated heterocycles. The number of nitrogens with one attached hydrogen (secondary N) is 1. The Morgan fingerprint density at radius 3 is 2.14 bits per heavy atom. The fraction of sp³-hybridized carbons (Fsp3) is 0.286. The maximum atomic E-state index is 12.2. The number of fused-ring (bicyclic) bond motifs is 3. The first-order valence-corrected chi connectivity index (χ1v) is 9.10. The Kier molecular flexibility index (Phi) is 6.13. The highest BCUT2D eigenvalue weighted by atomic mass is 16.5. The maximum absolute atomic E-state index is 12.2. The third-order valence-electron chi connectivity index (χ3n) is 4.93. The van der Waals surface area contributed by atoms with Gasteiger partial charge < -0.3 is 25.6 Å². The van der Waals surface area contributed by atoms with Crippen LogP contribution in [0.1, 0.15) is 23.5 Å². The van der Waals surface area contributed by atoms with E-state index in [2.05, 4.69) is 10.1 Å². The summed E-state index contributed by atoms with van der Waals surface area (Å²) in [5.41, 5.74) is 9.86. The number of carboxylic acid groups (broad SMARTS) is 1. The van der Waals surface area contributed by atoms with Gasteiger partial charge in [-0.2, -0.15) is 0 Å². The molecule has 0 spiro atoms. The van der Waals surface area contributed by atoms with Crippen molar-refractivity contribution in [2.75, 3.05) is 13.7 Å². The monoisotopic (exact) mass is 398 g/mol. The first kappa shape index (κ1) is 20.3. The number of hydrogen-bond donors (Lipinski definition) is 3. The van der Waals surface area contributed by atoms with Gasteiger partial charge in [0, 0.05) is 12.3 Å². The molecule has 4 N–H and O–H groups in total. The van der Waals surface area contributed by atoms with Gasteiger partial charge in [-0.1, -0.05) is 48.5 Å². The Morgan fingerprint density at radius 1 is 1.07 bits per heavy atom. The van der Waals surface area contributed by atoms with Gasteiger partial charge in [-0.3, -0.25) is 4.79 Å². The Hall–Kier alpha value is -3.39. The summed E-state index contributed by atoms with van der Waals surface area (Å²) in [5, 5.41) is 11.5. The van der Waals surface area contributed by atoms with E-state index in [1.807, 2.05) is 48.5 Å². The fourth-order valence-corrected chi connectivity index (χ4v) is 3.51. The maximum Gasteiger partial charge on any atom is 0.407 e. The summed E-state index contributed by atoms with van der Waals surface area (Å²) in [6, 6.07) is 13.2. The number of nitrogens with two attached hydrogens (primary N) is 1. The van der Waals surface area contributed by atoms with E-state index in [4.69, 9.17) is 10.5 Å². The Bertz CT molecular complexity index is 883. The summed E-state index contributed by atoms with van der Waals surface area (Å²) < 4.78 is 9.80. The number of hydrogen-bond acceptors (Lipinski definition) is 6. The third-order valence-corrected chi connectivity index (χ3v) is 4.93. The number of aliphatic carboxylic acids is 1. The number of carboxylic acids is 1. The molecule has 152 valence electrons. The summed E-state index contributed by atoms with van der Waals surface area (Å²) in [4.78, 5) is 35.0. The number of methoxy groups -OCH3 is 1. The molecule has 8 nitrogen and oxygen atoms in total. The molecule has 8 heteroatoms. The molecule has 2 atom stereocenters. The number of benzene rings is 2. The fourth-order valence-electron chi connectivity index (χ4n) is 3.51. The van der Waals surface area contributed by atoms with Crippen LogP contribution in [0.2, 0.25) is 0 Å². The molecule has 29 heavy (non-hydrogen) atoms. The zero-order chi connectivity index (χ0) is 21.0. The van der Waals surface area contributed by atoms with Gasteiger partial charge in [0.2, 0.25) is 0 Å². The molecule has 1 aliphatic rings. The summed E-state index contributed by atoms with van der Waals surface area (Å²) in [6.07, 6.45) is -1.21. The number of esters is 1. The number of carbonyl (C=O) groups is 3. The summed E-state index contributed by atoms with van der Waals surface area (Å²) in [5.74, 6) is -2.22. The van der Waals surface area contributed by atoms with E-state index in [-0.39, 0.29) is 18.9 Å². The van der Waals surface area contributed by atoms with E-state index in [0.29, 0.717) is 0 Å². The smallest absolute Gasteiger partial charge is 0.407 e. The lowest BCUT2D eigenvalue weighted by Gasteiger charge is -2.19. The largest absolute Gasteiger partial charge is 0.480 e. The van der Waals surface area contributed by atoms with Crippen LogP contribution in [0.15, 0.2) is 48.5 Å². The molecule has 1 amide bonds. The van der Waals surface area contributed by atoms with Gasteiger partial charge in [0.15, 0.2) is 0 Å². The van der Waals surface area contributed by atoms with Crippen LogP contribution in [0, 0.1) is 0 Å². The molecule has 2 aromatic rings. The minimum atomic E-state index is -1.38. The van der Waals surface area contributed by atoms with Gasteiger partial charge in [-0.05, 0) is 22.3 Å². The second kappa shape index (κ2) is 8.74. The summed E-state index contributed by atoms with van der Waals surface area (Å²) in [7, 11) is 1.15. The molecule has 2 aromatic carbocycles. The Morgan fingerprint density at radius 2 is 1.62 bits per heavy atom. The van der Waals surface area contributed by atoms with Gasteiger partial charge in [0.25, 0.3) is 0 Å². The van der Waals surface area contributed by atoms with E-state index < -0.39 is 30.1 Å². The molecule has 0 aromatic heterocycles. The molecular weight excluding hydrogens is 376 g/mol. The van der Waals surface area contributed by atoms with Crippen molar-refractivity contribution < 1.29 is 29.0 Å². The normalized spacial score (nSPS) is 14.3. The Balaban J connectivity index is 1.66. The number of rotatable bonds is 7. The number of alkyl carbamates (subject to hydrolysis) is 1. The van der Waals surface area contributed by atoms with Gasteiger partial charge in [0.1, 0.15) is 18.7 Å². The van der Waals surface area contributed by atoms with Gasteiger partial charge >= 0.3 is 18.0 Å². The van der Waals surface area contributed by atoms with Crippen LogP contribution < -0.4 is 11.1 Å². The van der Waals surface area contributed by atoms with Gasteiger partial charge in [-0.15, -0.1) is 0 Å². The third kappa shape index (κ3) is 4.38. The molecular formula is C21H22N2O6. The van der Waals surface area contributed by atoms with E-state index in [0.717, 1.165) is 29.4 Å². The number of amides is 1. The predicted molar refractivity (Wildman–Crippen MR) is 104 cm³/mol. The number of ether oxygens (including phenoxy) is 2. The second-order valence-electron chi connectivity index (χ2n) is 6.73. The van der Waals surface area contributed by atoms with E-state index in [9.17, 15) is 19.5 Å². The quantitative estimate of drug-likeness (QED) is 0.607. The van der Waals surface area contributed by atoms with Crippen molar-refractivity contribution in [1.82, 2.24) is 5.32 Å². The molecule has 0 heterocycles. The first-order valence-electron chi connectivity index (χ1n) is 9.10. The molecule has 3 rings (SSSR count). The highest BCUT2D eigenvalue weighted by Gasteiger charge is 2.30. The highest BCUT2D eigenvalue weighted by Crippen LogP contribution is 2.44. The highest BCUT2D eigenvalue weighted by molar-refractivity contribution is 5.82. The topological polar surface area (TPSA) is 128 Å². The molecule has 0 fully saturated rings.